The van der Waals surface area contributed by atoms with Crippen LogP contribution >= 0.6 is 0 Å². The van der Waals surface area contributed by atoms with E-state index < -0.39 is 5.54 Å². The number of rotatable bonds is 4. The van der Waals surface area contributed by atoms with Gasteiger partial charge in [-0.15, -0.1) is 0 Å². The van der Waals surface area contributed by atoms with Gasteiger partial charge in [0.2, 0.25) is 11.8 Å². The molecule has 6 nitrogen and oxygen atoms in total. The summed E-state index contributed by atoms with van der Waals surface area (Å²) < 4.78 is 13.6. The SMILES string of the molecule is O=C1CC[C@]2(CCCN(C(=O)CCN3Cc4ccccc4C3=O)[C@@H]2c2ccc(F)cc2)N1. The molecule has 0 aliphatic carbocycles. The van der Waals surface area contributed by atoms with E-state index in [1.54, 1.807) is 17.0 Å². The molecule has 2 aromatic rings. The summed E-state index contributed by atoms with van der Waals surface area (Å²) in [5.74, 6) is -0.434. The van der Waals surface area contributed by atoms with Crippen LogP contribution in [0.2, 0.25) is 0 Å². The molecule has 166 valence electrons. The Morgan fingerprint density at radius 2 is 1.88 bits per heavy atom. The van der Waals surface area contributed by atoms with Crippen LogP contribution in [0.5, 0.6) is 0 Å². The van der Waals surface area contributed by atoms with E-state index in [-0.39, 0.29) is 36.0 Å². The van der Waals surface area contributed by atoms with Crippen molar-refractivity contribution < 1.29 is 18.8 Å². The van der Waals surface area contributed by atoms with Gasteiger partial charge in [0.05, 0.1) is 11.6 Å². The normalized spacial score (nSPS) is 24.7. The summed E-state index contributed by atoms with van der Waals surface area (Å²) in [5.41, 5.74) is 1.99. The Morgan fingerprint density at radius 3 is 2.59 bits per heavy atom. The number of carbonyl (C=O) groups excluding carboxylic acids is 3. The molecule has 7 heteroatoms. The first kappa shape index (κ1) is 20.7. The van der Waals surface area contributed by atoms with Crippen molar-refractivity contribution in [3.63, 3.8) is 0 Å². The third-order valence-electron chi connectivity index (χ3n) is 7.04. The Hall–Kier alpha value is -3.22. The second-order valence-corrected chi connectivity index (χ2v) is 8.98. The quantitative estimate of drug-likeness (QED) is 0.802. The lowest BCUT2D eigenvalue weighted by Crippen LogP contribution is -2.58. The Labute approximate surface area is 186 Å². The lowest BCUT2D eigenvalue weighted by Gasteiger charge is -2.48. The van der Waals surface area contributed by atoms with Crippen LogP contribution in [0.4, 0.5) is 4.39 Å². The summed E-state index contributed by atoms with van der Waals surface area (Å²) in [7, 11) is 0. The fourth-order valence-corrected chi connectivity index (χ4v) is 5.54. The fraction of sp³-hybridized carbons (Fsp3) is 0.400. The lowest BCUT2D eigenvalue weighted by atomic mass is 9.76. The van der Waals surface area contributed by atoms with Gasteiger partial charge in [-0.3, -0.25) is 14.4 Å². The summed E-state index contributed by atoms with van der Waals surface area (Å²) in [5, 5.41) is 3.14. The third-order valence-corrected chi connectivity index (χ3v) is 7.04. The highest BCUT2D eigenvalue weighted by Crippen LogP contribution is 2.44. The molecule has 0 saturated carbocycles. The summed E-state index contributed by atoms with van der Waals surface area (Å²) in [6, 6.07) is 13.4. The number of halogens is 1. The first-order valence-corrected chi connectivity index (χ1v) is 11.2. The predicted molar refractivity (Wildman–Crippen MR) is 116 cm³/mol. The molecule has 3 aliphatic heterocycles. The van der Waals surface area contributed by atoms with Crippen LogP contribution in [0.1, 0.15) is 59.6 Å². The standard InChI is InChI=1S/C25H26FN3O3/c26-19-8-6-17(7-9-19)23-25(13-10-21(30)27-25)12-3-14-29(23)22(31)11-15-28-16-18-4-1-2-5-20(18)24(28)32/h1-2,4-9,23H,3,10-16H2,(H,27,30)/t23-,25+/m1/s1. The molecule has 2 fully saturated rings. The number of carbonyl (C=O) groups is 3. The van der Waals surface area contributed by atoms with Crippen LogP contribution in [0.25, 0.3) is 0 Å². The number of nitrogens with one attached hydrogen (secondary N) is 1. The summed E-state index contributed by atoms with van der Waals surface area (Å²) in [6.45, 7) is 1.44. The van der Waals surface area contributed by atoms with E-state index in [0.29, 0.717) is 38.0 Å². The van der Waals surface area contributed by atoms with Crippen LogP contribution in [-0.2, 0) is 16.1 Å². The van der Waals surface area contributed by atoms with Crippen LogP contribution in [0.15, 0.2) is 48.5 Å². The highest BCUT2D eigenvalue weighted by Gasteiger charge is 2.50. The maximum Gasteiger partial charge on any atom is 0.254 e. The van der Waals surface area contributed by atoms with Crippen molar-refractivity contribution in [3.8, 4) is 0 Å². The molecular formula is C25H26FN3O3. The number of hydrogen-bond acceptors (Lipinski definition) is 3. The average Bonchev–Trinajstić information content (AvgIpc) is 3.32. The largest absolute Gasteiger partial charge is 0.348 e. The van der Waals surface area contributed by atoms with Crippen LogP contribution < -0.4 is 5.32 Å². The van der Waals surface area contributed by atoms with Gasteiger partial charge in [-0.05, 0) is 48.6 Å². The molecule has 1 spiro atoms. The Kier molecular flexibility index (Phi) is 5.19. The number of piperidine rings is 1. The van der Waals surface area contributed by atoms with E-state index >= 15 is 0 Å². The molecule has 5 rings (SSSR count). The van der Waals surface area contributed by atoms with Gasteiger partial charge in [0.1, 0.15) is 5.82 Å². The topological polar surface area (TPSA) is 69.7 Å². The van der Waals surface area contributed by atoms with Gasteiger partial charge >= 0.3 is 0 Å². The van der Waals surface area contributed by atoms with Crippen molar-refractivity contribution >= 4 is 17.7 Å². The zero-order chi connectivity index (χ0) is 22.3. The molecule has 3 heterocycles. The van der Waals surface area contributed by atoms with E-state index in [9.17, 15) is 18.8 Å². The average molecular weight is 435 g/mol. The van der Waals surface area contributed by atoms with Gasteiger partial charge in [0, 0.05) is 38.0 Å². The molecule has 2 aromatic carbocycles. The number of nitrogens with zero attached hydrogens (tertiary/aromatic N) is 2. The fourth-order valence-electron chi connectivity index (χ4n) is 5.54. The number of benzene rings is 2. The molecule has 3 amide bonds. The van der Waals surface area contributed by atoms with Gasteiger partial charge in [-0.1, -0.05) is 30.3 Å². The van der Waals surface area contributed by atoms with Crippen LogP contribution in [0, 0.1) is 5.82 Å². The minimum atomic E-state index is -0.525. The maximum absolute atomic E-state index is 13.6. The van der Waals surface area contributed by atoms with Crippen molar-refractivity contribution in [1.82, 2.24) is 15.1 Å². The molecule has 1 N–H and O–H groups in total. The van der Waals surface area contributed by atoms with Crippen molar-refractivity contribution in [2.24, 2.45) is 0 Å². The van der Waals surface area contributed by atoms with E-state index in [1.807, 2.05) is 29.2 Å². The number of amides is 3. The van der Waals surface area contributed by atoms with Crippen molar-refractivity contribution in [3.05, 3.63) is 71.0 Å². The first-order valence-electron chi connectivity index (χ1n) is 11.2. The molecule has 0 aromatic heterocycles. The molecular weight excluding hydrogens is 409 g/mol. The third kappa shape index (κ3) is 3.55. The molecule has 0 unspecified atom stereocenters. The number of likely N-dealkylation sites (tertiary alicyclic amines) is 1. The minimum Gasteiger partial charge on any atom is -0.348 e. The van der Waals surface area contributed by atoms with E-state index in [4.69, 9.17) is 0 Å². The molecule has 3 aliphatic rings. The van der Waals surface area contributed by atoms with Gasteiger partial charge in [-0.2, -0.15) is 0 Å². The number of fused-ring (bicyclic) bond motifs is 1. The predicted octanol–water partition coefficient (Wildman–Crippen LogP) is 3.18. The first-order chi connectivity index (χ1) is 15.5. The van der Waals surface area contributed by atoms with Crippen molar-refractivity contribution in [2.75, 3.05) is 13.1 Å². The minimum absolute atomic E-state index is 0.00756. The van der Waals surface area contributed by atoms with Gasteiger partial charge in [0.25, 0.3) is 5.91 Å². The van der Waals surface area contributed by atoms with Crippen molar-refractivity contribution in [2.45, 2.75) is 50.2 Å². The Bertz CT molecular complexity index is 1070. The number of hydrogen-bond donors (Lipinski definition) is 1. The van der Waals surface area contributed by atoms with Crippen molar-refractivity contribution in [1.29, 1.82) is 0 Å². The second kappa shape index (κ2) is 8.04. The second-order valence-electron chi connectivity index (χ2n) is 8.98. The van der Waals surface area contributed by atoms with Gasteiger partial charge in [0.15, 0.2) is 0 Å². The molecule has 0 radical (unpaired) electrons. The monoisotopic (exact) mass is 435 g/mol. The maximum atomic E-state index is 13.6. The molecule has 2 saturated heterocycles. The van der Waals surface area contributed by atoms with Crippen LogP contribution in [0.3, 0.4) is 0 Å². The van der Waals surface area contributed by atoms with Gasteiger partial charge < -0.3 is 15.1 Å². The Balaban J connectivity index is 1.36. The van der Waals surface area contributed by atoms with Gasteiger partial charge in [-0.25, -0.2) is 4.39 Å². The van der Waals surface area contributed by atoms with E-state index in [2.05, 4.69) is 5.32 Å². The summed E-state index contributed by atoms with van der Waals surface area (Å²) in [4.78, 5) is 41.8. The zero-order valence-electron chi connectivity index (χ0n) is 17.9. The lowest BCUT2D eigenvalue weighted by molar-refractivity contribution is -0.139. The summed E-state index contributed by atoms with van der Waals surface area (Å²) in [6.07, 6.45) is 2.86. The smallest absolute Gasteiger partial charge is 0.254 e. The molecule has 32 heavy (non-hydrogen) atoms. The zero-order valence-corrected chi connectivity index (χ0v) is 17.9. The Morgan fingerprint density at radius 1 is 1.09 bits per heavy atom. The van der Waals surface area contributed by atoms with E-state index in [0.717, 1.165) is 24.0 Å². The van der Waals surface area contributed by atoms with Crippen LogP contribution in [-0.4, -0.2) is 46.1 Å². The highest BCUT2D eigenvalue weighted by atomic mass is 19.1. The van der Waals surface area contributed by atoms with E-state index in [1.165, 1.54) is 12.1 Å². The summed E-state index contributed by atoms with van der Waals surface area (Å²) >= 11 is 0. The highest BCUT2D eigenvalue weighted by molar-refractivity contribution is 5.98. The molecule has 2 atom stereocenters. The molecule has 0 bridgehead atoms.